The van der Waals surface area contributed by atoms with Gasteiger partial charge in [0, 0.05) is 0 Å². The Morgan fingerprint density at radius 3 is 2.25 bits per heavy atom. The van der Waals surface area contributed by atoms with Crippen LogP contribution in [0.3, 0.4) is 0 Å². The van der Waals surface area contributed by atoms with Crippen LogP contribution in [0.25, 0.3) is 0 Å². The van der Waals surface area contributed by atoms with Crippen molar-refractivity contribution in [1.29, 1.82) is 0 Å². The van der Waals surface area contributed by atoms with Gasteiger partial charge in [0.05, 0.1) is 0 Å². The number of carbonyl (C=O) groups is 1. The molecule has 0 spiro atoms. The van der Waals surface area contributed by atoms with Crippen LogP contribution in [0, 0.1) is 17.7 Å². The molecule has 1 aliphatic carbocycles. The van der Waals surface area contributed by atoms with Gasteiger partial charge < -0.3 is 0 Å². The molecule has 0 heterocycles. The van der Waals surface area contributed by atoms with Crippen molar-refractivity contribution in [3.8, 4) is 10.7 Å². The van der Waals surface area contributed by atoms with E-state index in [1.807, 2.05) is 0 Å². The Morgan fingerprint density at radius 2 is 1.71 bits per heavy atom. The summed E-state index contributed by atoms with van der Waals surface area (Å²) in [7, 11) is 0. The van der Waals surface area contributed by atoms with Gasteiger partial charge in [0.15, 0.2) is 0 Å². The van der Waals surface area contributed by atoms with Gasteiger partial charge in [0.25, 0.3) is 0 Å². The van der Waals surface area contributed by atoms with E-state index in [1.54, 1.807) is 6.92 Å². The van der Waals surface area contributed by atoms with Crippen LogP contribution in [0.1, 0.15) is 64.2 Å². The van der Waals surface area contributed by atoms with Gasteiger partial charge in [-0.25, -0.2) is 0 Å². The average Bonchev–Trinajstić information content (AvgIpc) is 2.44. The zero-order chi connectivity index (χ0) is 18.1. The van der Waals surface area contributed by atoms with Gasteiger partial charge in [0.1, 0.15) is 0 Å². The molecule has 3 heteroatoms. The Balaban J connectivity index is 2.38. The first-order valence-electron chi connectivity index (χ1n) is 8.28. The number of carboxylic acids is 1. The van der Waals surface area contributed by atoms with Gasteiger partial charge in [0.2, 0.25) is 0 Å². The molecule has 1 N–H and O–H groups in total. The number of rotatable bonds is 2. The predicted molar refractivity (Wildman–Crippen MR) is 101 cm³/mol. The van der Waals surface area contributed by atoms with Crippen LogP contribution in [0.2, 0.25) is 0 Å². The quantitative estimate of drug-likeness (QED) is 0.476. The van der Waals surface area contributed by atoms with Crippen molar-refractivity contribution in [2.45, 2.75) is 65.2 Å². The minimum absolute atomic E-state index is 0.0321. The fraction of sp³-hybridized carbons (Fsp3) is 0.476. The molecule has 1 aliphatic rings. The van der Waals surface area contributed by atoms with Crippen molar-refractivity contribution in [3.63, 3.8) is 0 Å². The molecule has 0 aromatic heterocycles. The molecule has 1 aromatic carbocycles. The van der Waals surface area contributed by atoms with Crippen LogP contribution in [-0.2, 0) is 15.6 Å². The number of benzene rings is 1. The first kappa shape index (κ1) is 18.8. The molecule has 2 rings (SSSR count). The zero-order valence-corrected chi connectivity index (χ0v) is 17.1. The summed E-state index contributed by atoms with van der Waals surface area (Å²) in [5.41, 5.74) is 5.27. The Morgan fingerprint density at radius 1 is 1.17 bits per heavy atom. The standard InChI is InChI=1S/C21H26O2Se/c1-14(11-19(22)23)7-10-24-18-13-17-16(12-15(18)2)20(3,4)8-9-21(17,5)6/h11-13H,8-9H2,1-6H3,(H,22,23). The number of allylic oxidation sites excluding steroid dienone is 1. The summed E-state index contributed by atoms with van der Waals surface area (Å²) in [4.78, 5) is 13.8. The van der Waals surface area contributed by atoms with Gasteiger partial charge in [-0.2, -0.15) is 0 Å². The molecule has 128 valence electrons. The molecule has 0 fully saturated rings. The Kier molecular flexibility index (Phi) is 5.33. The maximum atomic E-state index is 10.7. The van der Waals surface area contributed by atoms with E-state index in [0.29, 0.717) is 5.57 Å². The van der Waals surface area contributed by atoms with Crippen molar-refractivity contribution in [2.24, 2.45) is 0 Å². The zero-order valence-electron chi connectivity index (χ0n) is 15.4. The van der Waals surface area contributed by atoms with Crippen LogP contribution in [-0.4, -0.2) is 26.0 Å². The summed E-state index contributed by atoms with van der Waals surface area (Å²) < 4.78 is 1.31. The van der Waals surface area contributed by atoms with Crippen LogP contribution in [0.5, 0.6) is 0 Å². The first-order chi connectivity index (χ1) is 11.0. The summed E-state index contributed by atoms with van der Waals surface area (Å²) in [6.45, 7) is 13.2. The molecular weight excluding hydrogens is 363 g/mol. The summed E-state index contributed by atoms with van der Waals surface area (Å²) in [6, 6.07) is 4.71. The van der Waals surface area contributed by atoms with E-state index >= 15 is 0 Å². The Labute approximate surface area is 151 Å². The van der Waals surface area contributed by atoms with E-state index in [1.165, 1.54) is 34.0 Å². The van der Waals surface area contributed by atoms with Gasteiger partial charge >= 0.3 is 152 Å². The molecule has 2 nitrogen and oxygen atoms in total. The number of hydrogen-bond donors (Lipinski definition) is 1. The number of aliphatic carboxylic acids is 1. The van der Waals surface area contributed by atoms with Gasteiger partial charge in [-0.05, 0) is 0 Å². The molecular formula is C21H26O2Se. The SMILES string of the molecule is CC(C#C[Se]c1cc2c(cc1C)C(C)(C)CCC2(C)C)=CC(=O)O. The third kappa shape index (κ3) is 4.12. The summed E-state index contributed by atoms with van der Waals surface area (Å²) >= 11 is 0.0321. The van der Waals surface area contributed by atoms with Crippen LogP contribution >= 0.6 is 0 Å². The maximum absolute atomic E-state index is 10.7. The van der Waals surface area contributed by atoms with Crippen LogP contribution in [0.4, 0.5) is 0 Å². The topological polar surface area (TPSA) is 37.3 Å². The van der Waals surface area contributed by atoms with Crippen molar-refractivity contribution in [2.75, 3.05) is 0 Å². The molecule has 0 atom stereocenters. The predicted octanol–water partition coefficient (Wildman–Crippen LogP) is 3.67. The second-order valence-electron chi connectivity index (χ2n) is 7.93. The molecule has 24 heavy (non-hydrogen) atoms. The van der Waals surface area contributed by atoms with Crippen molar-refractivity contribution < 1.29 is 9.90 Å². The third-order valence-electron chi connectivity index (χ3n) is 4.90. The van der Waals surface area contributed by atoms with E-state index in [0.717, 1.165) is 6.08 Å². The summed E-state index contributed by atoms with van der Waals surface area (Å²) in [6.07, 6.45) is 3.58. The average molecular weight is 389 g/mol. The molecule has 0 aliphatic heterocycles. The normalized spacial score (nSPS) is 18.3. The molecule has 0 radical (unpaired) electrons. The van der Waals surface area contributed by atoms with Crippen molar-refractivity contribution in [1.82, 2.24) is 0 Å². The van der Waals surface area contributed by atoms with Gasteiger partial charge in [-0.3, -0.25) is 0 Å². The van der Waals surface area contributed by atoms with Gasteiger partial charge in [-0.1, -0.05) is 0 Å². The van der Waals surface area contributed by atoms with Gasteiger partial charge in [-0.15, -0.1) is 0 Å². The van der Waals surface area contributed by atoms with Crippen LogP contribution in [0.15, 0.2) is 23.8 Å². The van der Waals surface area contributed by atoms with Crippen molar-refractivity contribution in [3.05, 3.63) is 40.5 Å². The molecule has 0 saturated heterocycles. The monoisotopic (exact) mass is 390 g/mol. The number of hydrogen-bond acceptors (Lipinski definition) is 1. The third-order valence-corrected chi connectivity index (χ3v) is 6.71. The first-order valence-corrected chi connectivity index (χ1v) is 9.99. The number of fused-ring (bicyclic) bond motifs is 1. The van der Waals surface area contributed by atoms with E-state index in [2.05, 4.69) is 57.5 Å². The molecule has 0 saturated carbocycles. The summed E-state index contributed by atoms with van der Waals surface area (Å²) in [5.74, 6) is 2.02. The second-order valence-corrected chi connectivity index (χ2v) is 9.71. The molecule has 0 unspecified atom stereocenters. The fourth-order valence-electron chi connectivity index (χ4n) is 3.19. The minimum atomic E-state index is -0.941. The fourth-order valence-corrected chi connectivity index (χ4v) is 4.70. The Hall–Kier alpha value is -1.49. The van der Waals surface area contributed by atoms with E-state index in [4.69, 9.17) is 5.11 Å². The van der Waals surface area contributed by atoms with Crippen LogP contribution < -0.4 is 4.46 Å². The van der Waals surface area contributed by atoms with E-state index < -0.39 is 5.97 Å². The molecule has 1 aromatic rings. The van der Waals surface area contributed by atoms with Crippen molar-refractivity contribution >= 4 is 25.4 Å². The Bertz CT molecular complexity index is 758. The number of carboxylic acid groups (broad SMARTS) is 1. The second kappa shape index (κ2) is 6.79. The van der Waals surface area contributed by atoms with E-state index in [-0.39, 0.29) is 25.8 Å². The molecule has 0 bridgehead atoms. The molecule has 0 amide bonds. The van der Waals surface area contributed by atoms with E-state index in [9.17, 15) is 4.79 Å². The number of aryl methyl sites for hydroxylation is 1. The summed E-state index contributed by atoms with van der Waals surface area (Å²) in [5, 5.41) is 8.74.